The predicted octanol–water partition coefficient (Wildman–Crippen LogP) is 4.90. The molecule has 5 nitrogen and oxygen atoms in total. The number of hydrogen-bond acceptors (Lipinski definition) is 4. The third-order valence-corrected chi connectivity index (χ3v) is 7.00. The molecule has 1 N–H and O–H groups in total. The monoisotopic (exact) mass is 479 g/mol. The van der Waals surface area contributed by atoms with E-state index in [1.165, 1.54) is 35.5 Å². The average molecular weight is 479 g/mol. The Kier molecular flexibility index (Phi) is 5.20. The topological polar surface area (TPSA) is 60.2 Å². The molecule has 0 spiro atoms. The van der Waals surface area contributed by atoms with Crippen LogP contribution in [-0.2, 0) is 17.6 Å². The van der Waals surface area contributed by atoms with Crippen LogP contribution in [0.5, 0.6) is 5.75 Å². The van der Waals surface area contributed by atoms with Crippen molar-refractivity contribution in [1.29, 1.82) is 0 Å². The second-order valence-corrected chi connectivity index (χ2v) is 9.66. The number of alkyl halides is 3. The molecule has 1 aromatic heterocycles. The zero-order valence-electron chi connectivity index (χ0n) is 18.0. The van der Waals surface area contributed by atoms with Crippen molar-refractivity contribution < 1.29 is 31.8 Å². The lowest BCUT2D eigenvalue weighted by atomic mass is 9.32. The smallest absolute Gasteiger partial charge is 0.422 e. The summed E-state index contributed by atoms with van der Waals surface area (Å²) in [6.07, 6.45) is 0.877. The summed E-state index contributed by atoms with van der Waals surface area (Å²) in [6, 6.07) is 9.75. The first-order chi connectivity index (χ1) is 16.0. The Bertz CT molecular complexity index is 1160. The zero-order chi connectivity index (χ0) is 24.2. The van der Waals surface area contributed by atoms with E-state index in [0.717, 1.165) is 37.0 Å². The van der Waals surface area contributed by atoms with Crippen LogP contribution < -0.4 is 4.74 Å². The maximum Gasteiger partial charge on any atom is 0.422 e. The number of ether oxygens (including phenoxy) is 1. The summed E-state index contributed by atoms with van der Waals surface area (Å²) in [5.41, 5.74) is -0.941. The molecule has 0 amide bonds. The summed E-state index contributed by atoms with van der Waals surface area (Å²) in [7, 11) is 0. The van der Waals surface area contributed by atoms with Crippen molar-refractivity contribution in [3.63, 3.8) is 0 Å². The molecule has 1 atom stereocenters. The van der Waals surface area contributed by atoms with Gasteiger partial charge in [-0.3, -0.25) is 0 Å². The van der Waals surface area contributed by atoms with Crippen molar-refractivity contribution in [3.8, 4) is 5.75 Å². The van der Waals surface area contributed by atoms with Crippen molar-refractivity contribution in [2.45, 2.75) is 49.4 Å². The lowest BCUT2D eigenvalue weighted by Crippen LogP contribution is -2.66. The van der Waals surface area contributed by atoms with Gasteiger partial charge in [-0.05, 0) is 60.3 Å². The maximum atomic E-state index is 14.7. The van der Waals surface area contributed by atoms with Gasteiger partial charge < -0.3 is 9.84 Å². The first-order valence-electron chi connectivity index (χ1n) is 10.8. The Labute approximate surface area is 192 Å². The molecule has 34 heavy (non-hydrogen) atoms. The molecule has 6 rings (SSSR count). The Hall–Kier alpha value is -3.01. The minimum atomic E-state index is -4.40. The van der Waals surface area contributed by atoms with Crippen LogP contribution in [0.2, 0.25) is 0 Å². The van der Waals surface area contributed by atoms with E-state index in [-0.39, 0.29) is 35.1 Å². The van der Waals surface area contributed by atoms with Gasteiger partial charge in [0.15, 0.2) is 6.61 Å². The lowest BCUT2D eigenvalue weighted by Gasteiger charge is -2.72. The molecule has 3 saturated carbocycles. The molecule has 2 aromatic carbocycles. The first kappa shape index (κ1) is 22.8. The number of aromatic nitrogens is 3. The molecule has 3 aliphatic rings. The number of benzene rings is 2. The number of nitrogens with zero attached hydrogens (tertiary/aromatic N) is 3. The summed E-state index contributed by atoms with van der Waals surface area (Å²) < 4.78 is 71.4. The molecule has 1 heterocycles. The highest BCUT2D eigenvalue weighted by Gasteiger charge is 2.69. The Morgan fingerprint density at radius 1 is 1.03 bits per heavy atom. The highest BCUT2D eigenvalue weighted by Crippen LogP contribution is 2.76. The third-order valence-electron chi connectivity index (χ3n) is 7.00. The van der Waals surface area contributed by atoms with Crippen LogP contribution in [0.15, 0.2) is 55.1 Å². The van der Waals surface area contributed by atoms with Gasteiger partial charge in [0.1, 0.15) is 35.6 Å². The highest BCUT2D eigenvalue weighted by molar-refractivity contribution is 5.42. The van der Waals surface area contributed by atoms with E-state index in [4.69, 9.17) is 4.74 Å². The fourth-order valence-corrected chi connectivity index (χ4v) is 5.87. The van der Waals surface area contributed by atoms with Gasteiger partial charge >= 0.3 is 6.18 Å². The van der Waals surface area contributed by atoms with E-state index in [1.807, 2.05) is 0 Å². The molecule has 3 fully saturated rings. The van der Waals surface area contributed by atoms with Crippen LogP contribution in [0.1, 0.15) is 36.8 Å². The molecule has 0 saturated heterocycles. The normalized spacial score (nSPS) is 25.2. The number of aliphatic hydroxyl groups is 1. The van der Waals surface area contributed by atoms with Crippen molar-refractivity contribution in [2.75, 3.05) is 6.61 Å². The van der Waals surface area contributed by atoms with E-state index >= 15 is 0 Å². The van der Waals surface area contributed by atoms with Crippen LogP contribution in [0.3, 0.4) is 0 Å². The van der Waals surface area contributed by atoms with Crippen LogP contribution in [0, 0.1) is 17.0 Å². The van der Waals surface area contributed by atoms with E-state index < -0.39 is 30.0 Å². The second-order valence-electron chi connectivity index (χ2n) is 9.66. The van der Waals surface area contributed by atoms with Crippen molar-refractivity contribution in [1.82, 2.24) is 14.8 Å². The molecule has 0 unspecified atom stereocenters. The largest absolute Gasteiger partial charge is 0.484 e. The lowest BCUT2D eigenvalue weighted by molar-refractivity contribution is -0.188. The predicted molar refractivity (Wildman–Crippen MR) is 111 cm³/mol. The Morgan fingerprint density at radius 3 is 2.32 bits per heavy atom. The van der Waals surface area contributed by atoms with Crippen LogP contribution in [0.4, 0.5) is 22.0 Å². The molecule has 3 aliphatic carbocycles. The molecule has 2 bridgehead atoms. The molecule has 0 radical (unpaired) electrons. The number of halogens is 5. The van der Waals surface area contributed by atoms with Crippen LogP contribution >= 0.6 is 0 Å². The molecule has 180 valence electrons. The van der Waals surface area contributed by atoms with E-state index in [9.17, 15) is 27.1 Å². The fraction of sp³-hybridized carbons (Fsp3) is 0.417. The van der Waals surface area contributed by atoms with Gasteiger partial charge in [0, 0.05) is 11.6 Å². The maximum absolute atomic E-state index is 14.7. The van der Waals surface area contributed by atoms with Gasteiger partial charge in [0.25, 0.3) is 0 Å². The van der Waals surface area contributed by atoms with Gasteiger partial charge in [-0.1, -0.05) is 18.2 Å². The van der Waals surface area contributed by atoms with Crippen LogP contribution in [0.25, 0.3) is 0 Å². The minimum absolute atomic E-state index is 0.00865. The molecule has 0 aliphatic heterocycles. The van der Waals surface area contributed by atoms with Crippen molar-refractivity contribution >= 4 is 0 Å². The Balaban J connectivity index is 1.30. The summed E-state index contributed by atoms with van der Waals surface area (Å²) in [6.45, 7) is -1.37. The molecule has 10 heteroatoms. The molecular weight excluding hydrogens is 457 g/mol. The SMILES string of the molecule is O[C@@](Cn1cncn1)(CC12CC(c3ccc(OCC(F)(F)F)cc3)(C1)C2)c1ccc(F)cc1F. The summed E-state index contributed by atoms with van der Waals surface area (Å²) in [4.78, 5) is 3.88. The fourth-order valence-electron chi connectivity index (χ4n) is 5.87. The van der Waals surface area contributed by atoms with Crippen molar-refractivity contribution in [2.24, 2.45) is 5.41 Å². The summed E-state index contributed by atoms with van der Waals surface area (Å²) in [5.74, 6) is -1.40. The van der Waals surface area contributed by atoms with E-state index in [1.54, 1.807) is 12.1 Å². The van der Waals surface area contributed by atoms with E-state index in [0.29, 0.717) is 0 Å². The zero-order valence-corrected chi connectivity index (χ0v) is 18.0. The number of rotatable bonds is 8. The second kappa shape index (κ2) is 7.76. The van der Waals surface area contributed by atoms with Crippen molar-refractivity contribution in [3.05, 3.63) is 77.9 Å². The molecule has 3 aromatic rings. The average Bonchev–Trinajstić information content (AvgIpc) is 3.20. The number of hydrogen-bond donors (Lipinski definition) is 1. The third kappa shape index (κ3) is 4.15. The van der Waals surface area contributed by atoms with E-state index in [2.05, 4.69) is 10.1 Å². The highest BCUT2D eigenvalue weighted by atomic mass is 19.4. The van der Waals surface area contributed by atoms with Gasteiger partial charge in [0.05, 0.1) is 6.54 Å². The van der Waals surface area contributed by atoms with Gasteiger partial charge in [-0.15, -0.1) is 0 Å². The van der Waals surface area contributed by atoms with Gasteiger partial charge in [0.2, 0.25) is 0 Å². The molecular formula is C24H22F5N3O2. The van der Waals surface area contributed by atoms with Gasteiger partial charge in [-0.25, -0.2) is 18.4 Å². The summed E-state index contributed by atoms with van der Waals surface area (Å²) in [5, 5.41) is 15.6. The van der Waals surface area contributed by atoms with Gasteiger partial charge in [-0.2, -0.15) is 18.3 Å². The standard InChI is InChI=1S/C24H22F5N3O2/c25-17-3-6-19(20(26)7-17)23(33,12-32-15-30-14-31-32)11-21-8-22(9-21,10-21)16-1-4-18(5-2-16)34-13-24(27,28)29/h1-7,14-15,33H,8-13H2/t21?,22?,23-/m1/s1. The summed E-state index contributed by atoms with van der Waals surface area (Å²) >= 11 is 0. The minimum Gasteiger partial charge on any atom is -0.484 e. The first-order valence-corrected chi connectivity index (χ1v) is 10.8. The van der Waals surface area contributed by atoms with Crippen LogP contribution in [-0.4, -0.2) is 32.7 Å². The Morgan fingerprint density at radius 2 is 1.74 bits per heavy atom. The quantitative estimate of drug-likeness (QED) is 0.467.